The monoisotopic (exact) mass is 266 g/mol. The summed E-state index contributed by atoms with van der Waals surface area (Å²) >= 11 is 3.00. The lowest BCUT2D eigenvalue weighted by Crippen LogP contribution is -2.15. The summed E-state index contributed by atoms with van der Waals surface area (Å²) in [5.74, 6) is 0.00128. The summed E-state index contributed by atoms with van der Waals surface area (Å²) in [4.78, 5) is 9.25. The van der Waals surface area contributed by atoms with Gasteiger partial charge in [0.05, 0.1) is 0 Å². The van der Waals surface area contributed by atoms with E-state index in [1.54, 1.807) is 23.6 Å². The molecule has 0 aliphatic carbocycles. The Morgan fingerprint density at radius 3 is 3.06 bits per heavy atom. The fraction of sp³-hybridized carbons (Fsp3) is 0.100. The van der Waals surface area contributed by atoms with Gasteiger partial charge in [-0.2, -0.15) is 0 Å². The molecule has 2 rings (SSSR count). The first-order valence-corrected chi connectivity index (χ1v) is 6.43. The summed E-state index contributed by atoms with van der Waals surface area (Å²) in [5.41, 5.74) is 7.01. The topological polar surface area (TPSA) is 84.4 Å². The number of hydrogen-bond donors (Lipinski definition) is 2. The summed E-state index contributed by atoms with van der Waals surface area (Å²) < 4.78 is 0.905. The zero-order valence-corrected chi connectivity index (χ0v) is 10.6. The lowest BCUT2D eigenvalue weighted by atomic mass is 10.3. The van der Waals surface area contributed by atoms with E-state index in [2.05, 4.69) is 15.1 Å². The lowest BCUT2D eigenvalue weighted by Gasteiger charge is -2.03. The number of rotatable bonds is 3. The van der Waals surface area contributed by atoms with Gasteiger partial charge < -0.3 is 10.9 Å². The highest BCUT2D eigenvalue weighted by Gasteiger charge is 2.11. The van der Waals surface area contributed by atoms with E-state index < -0.39 is 0 Å². The molecule has 0 aromatic carbocycles. The van der Waals surface area contributed by atoms with Crippen molar-refractivity contribution in [2.45, 2.75) is 16.2 Å². The van der Waals surface area contributed by atoms with Crippen LogP contribution in [-0.2, 0) is 0 Å². The second kappa shape index (κ2) is 5.15. The number of hydrogen-bond acceptors (Lipinski definition) is 6. The van der Waals surface area contributed by atoms with Crippen molar-refractivity contribution in [3.63, 3.8) is 0 Å². The first kappa shape index (κ1) is 11.9. The maximum atomic E-state index is 8.68. The summed E-state index contributed by atoms with van der Waals surface area (Å²) in [7, 11) is 0. The minimum Gasteiger partial charge on any atom is -0.409 e. The number of amidine groups is 1. The van der Waals surface area contributed by atoms with Crippen molar-refractivity contribution in [1.29, 1.82) is 0 Å². The molecule has 2 aromatic rings. The molecule has 0 amide bonds. The van der Waals surface area contributed by atoms with Gasteiger partial charge in [0.2, 0.25) is 0 Å². The number of oxime groups is 1. The number of thiazole rings is 1. The molecule has 0 aliphatic rings. The molecule has 0 unspecified atom stereocenters. The minimum atomic E-state index is 0.00128. The number of pyridine rings is 1. The van der Waals surface area contributed by atoms with Crippen molar-refractivity contribution >= 4 is 28.9 Å². The smallest absolute Gasteiger partial charge is 0.189 e. The molecule has 0 spiro atoms. The van der Waals surface area contributed by atoms with Crippen molar-refractivity contribution in [2.24, 2.45) is 10.9 Å². The molecular weight excluding hydrogens is 256 g/mol. The van der Waals surface area contributed by atoms with E-state index in [1.807, 2.05) is 18.4 Å². The zero-order chi connectivity index (χ0) is 12.3. The number of aryl methyl sites for hydroxylation is 1. The van der Waals surface area contributed by atoms with Crippen LogP contribution in [0.25, 0.3) is 0 Å². The van der Waals surface area contributed by atoms with Crippen molar-refractivity contribution < 1.29 is 5.21 Å². The van der Waals surface area contributed by atoms with Gasteiger partial charge in [-0.15, -0.1) is 11.3 Å². The highest BCUT2D eigenvalue weighted by Crippen LogP contribution is 2.31. The third kappa shape index (κ3) is 2.75. The van der Waals surface area contributed by atoms with E-state index in [1.165, 1.54) is 11.8 Å². The molecule has 0 saturated carbocycles. The van der Waals surface area contributed by atoms with E-state index in [4.69, 9.17) is 10.9 Å². The van der Waals surface area contributed by atoms with Crippen molar-refractivity contribution in [3.8, 4) is 0 Å². The number of nitrogens with two attached hydrogens (primary N) is 1. The Hall–Kier alpha value is -1.60. The molecule has 88 valence electrons. The average Bonchev–Trinajstić information content (AvgIpc) is 2.74. The molecule has 0 saturated heterocycles. The standard InChI is InChI=1S/C10H10N4OS2/c1-6-5-16-10(13-6)17-7-3-2-4-12-8(7)9(11)14-15/h2-5,15H,1H3,(H2,11,14). The van der Waals surface area contributed by atoms with E-state index >= 15 is 0 Å². The van der Waals surface area contributed by atoms with Crippen LogP contribution in [0.2, 0.25) is 0 Å². The van der Waals surface area contributed by atoms with Crippen LogP contribution in [0.1, 0.15) is 11.4 Å². The maximum absolute atomic E-state index is 8.68. The fourth-order valence-corrected chi connectivity index (χ4v) is 3.09. The predicted octanol–water partition coefficient (Wildman–Crippen LogP) is 2.09. The van der Waals surface area contributed by atoms with E-state index in [0.29, 0.717) is 5.69 Å². The second-order valence-corrected chi connectivity index (χ2v) is 5.34. The van der Waals surface area contributed by atoms with Gasteiger partial charge in [0.15, 0.2) is 10.2 Å². The van der Waals surface area contributed by atoms with Gasteiger partial charge in [-0.25, -0.2) is 4.98 Å². The average molecular weight is 266 g/mol. The Kier molecular flexibility index (Phi) is 3.60. The Bertz CT molecular complexity index is 553. The largest absolute Gasteiger partial charge is 0.409 e. The van der Waals surface area contributed by atoms with Gasteiger partial charge in [-0.3, -0.25) is 4.98 Å². The Balaban J connectivity index is 2.32. The first-order valence-electron chi connectivity index (χ1n) is 4.73. The molecule has 7 heteroatoms. The van der Waals surface area contributed by atoms with Crippen LogP contribution in [0.15, 0.2) is 38.1 Å². The maximum Gasteiger partial charge on any atom is 0.189 e. The van der Waals surface area contributed by atoms with E-state index in [0.717, 1.165) is 14.9 Å². The molecule has 0 atom stereocenters. The molecule has 3 N–H and O–H groups in total. The fourth-order valence-electron chi connectivity index (χ4n) is 1.19. The lowest BCUT2D eigenvalue weighted by molar-refractivity contribution is 0.318. The highest BCUT2D eigenvalue weighted by atomic mass is 32.2. The van der Waals surface area contributed by atoms with Crippen LogP contribution in [0.3, 0.4) is 0 Å². The summed E-state index contributed by atoms with van der Waals surface area (Å²) in [5, 5.41) is 13.6. The number of nitrogens with zero attached hydrogens (tertiary/aromatic N) is 3. The van der Waals surface area contributed by atoms with Gasteiger partial charge in [0, 0.05) is 22.2 Å². The van der Waals surface area contributed by atoms with Gasteiger partial charge in [-0.1, -0.05) is 16.9 Å². The van der Waals surface area contributed by atoms with Crippen LogP contribution in [0.4, 0.5) is 0 Å². The second-order valence-electron chi connectivity index (χ2n) is 3.19. The Morgan fingerprint density at radius 2 is 2.41 bits per heavy atom. The Labute approximate surface area is 106 Å². The quantitative estimate of drug-likeness (QED) is 0.384. The van der Waals surface area contributed by atoms with Crippen molar-refractivity contribution in [3.05, 3.63) is 35.1 Å². The molecule has 0 aliphatic heterocycles. The molecule has 0 radical (unpaired) electrons. The van der Waals surface area contributed by atoms with E-state index in [9.17, 15) is 0 Å². The molecule has 2 heterocycles. The normalized spacial score (nSPS) is 11.7. The third-order valence-electron chi connectivity index (χ3n) is 1.92. The van der Waals surface area contributed by atoms with Crippen LogP contribution in [0, 0.1) is 6.92 Å². The van der Waals surface area contributed by atoms with Gasteiger partial charge >= 0.3 is 0 Å². The summed E-state index contributed by atoms with van der Waals surface area (Å²) in [6.45, 7) is 1.94. The highest BCUT2D eigenvalue weighted by molar-refractivity contribution is 8.01. The molecule has 0 fully saturated rings. The SMILES string of the molecule is Cc1csc(Sc2cccnc2/C(N)=N/O)n1. The van der Waals surface area contributed by atoms with Gasteiger partial charge in [0.25, 0.3) is 0 Å². The minimum absolute atomic E-state index is 0.00128. The number of aromatic nitrogens is 2. The first-order chi connectivity index (χ1) is 8.20. The summed E-state index contributed by atoms with van der Waals surface area (Å²) in [6.07, 6.45) is 1.60. The van der Waals surface area contributed by atoms with Crippen LogP contribution < -0.4 is 5.73 Å². The van der Waals surface area contributed by atoms with Crippen molar-refractivity contribution in [1.82, 2.24) is 9.97 Å². The van der Waals surface area contributed by atoms with Gasteiger partial charge in [-0.05, 0) is 19.1 Å². The molecule has 0 bridgehead atoms. The molecule has 2 aromatic heterocycles. The zero-order valence-electron chi connectivity index (χ0n) is 8.99. The summed E-state index contributed by atoms with van der Waals surface area (Å²) in [6, 6.07) is 3.67. The molecule has 5 nitrogen and oxygen atoms in total. The molecule has 17 heavy (non-hydrogen) atoms. The predicted molar refractivity (Wildman–Crippen MR) is 67.7 cm³/mol. The van der Waals surface area contributed by atoms with Crippen LogP contribution >= 0.6 is 23.1 Å². The van der Waals surface area contributed by atoms with Crippen molar-refractivity contribution in [2.75, 3.05) is 0 Å². The van der Waals surface area contributed by atoms with Gasteiger partial charge in [0.1, 0.15) is 5.69 Å². The van der Waals surface area contributed by atoms with Crippen LogP contribution in [0.5, 0.6) is 0 Å². The Morgan fingerprint density at radius 1 is 1.59 bits per heavy atom. The van der Waals surface area contributed by atoms with Crippen LogP contribution in [-0.4, -0.2) is 21.0 Å². The van der Waals surface area contributed by atoms with E-state index in [-0.39, 0.29) is 5.84 Å². The third-order valence-corrected chi connectivity index (χ3v) is 4.02. The molecular formula is C10H10N4OS2.